The topological polar surface area (TPSA) is 72.7 Å². The maximum Gasteiger partial charge on any atom is 0.277 e. The summed E-state index contributed by atoms with van der Waals surface area (Å²) in [7, 11) is 1.71. The highest BCUT2D eigenvalue weighted by Gasteiger charge is 2.10. The maximum atomic E-state index is 11.9. The van der Waals surface area contributed by atoms with E-state index in [1.807, 2.05) is 36.4 Å². The number of carbonyl (C=O) groups is 1. The number of hydrogen-bond donors (Lipinski definition) is 1. The Balaban J connectivity index is 1.74. The van der Waals surface area contributed by atoms with Crippen molar-refractivity contribution in [2.45, 2.75) is 0 Å². The Bertz CT molecular complexity index is 749. The van der Waals surface area contributed by atoms with Crippen LogP contribution in [0.15, 0.2) is 55.0 Å². The van der Waals surface area contributed by atoms with E-state index >= 15 is 0 Å². The molecule has 104 valence electrons. The zero-order valence-electron chi connectivity index (χ0n) is 11.4. The molecule has 1 amide bonds. The van der Waals surface area contributed by atoms with Gasteiger partial charge in [0.1, 0.15) is 0 Å². The van der Waals surface area contributed by atoms with Crippen LogP contribution in [-0.4, -0.2) is 25.9 Å². The third-order valence-electron chi connectivity index (χ3n) is 2.97. The van der Waals surface area contributed by atoms with Gasteiger partial charge in [0.25, 0.3) is 5.91 Å². The van der Waals surface area contributed by atoms with Crippen molar-refractivity contribution in [2.24, 2.45) is 7.05 Å². The molecule has 3 aromatic rings. The Kier molecular flexibility index (Phi) is 3.42. The van der Waals surface area contributed by atoms with E-state index in [0.29, 0.717) is 5.69 Å². The van der Waals surface area contributed by atoms with Gasteiger partial charge in [0, 0.05) is 25.1 Å². The fourth-order valence-corrected chi connectivity index (χ4v) is 1.93. The van der Waals surface area contributed by atoms with Crippen molar-refractivity contribution in [1.82, 2.24) is 20.0 Å². The molecule has 2 heterocycles. The van der Waals surface area contributed by atoms with Crippen molar-refractivity contribution in [3.63, 3.8) is 0 Å². The largest absolute Gasteiger partial charge is 0.321 e. The third-order valence-corrected chi connectivity index (χ3v) is 2.97. The molecule has 0 radical (unpaired) electrons. The molecule has 0 aliphatic carbocycles. The molecule has 0 atom stereocenters. The van der Waals surface area contributed by atoms with Crippen molar-refractivity contribution in [2.75, 3.05) is 5.32 Å². The average Bonchev–Trinajstić information content (AvgIpc) is 2.96. The van der Waals surface area contributed by atoms with Gasteiger partial charge in [0.15, 0.2) is 5.69 Å². The average molecular weight is 279 g/mol. The smallest absolute Gasteiger partial charge is 0.277 e. The van der Waals surface area contributed by atoms with Gasteiger partial charge in [-0.1, -0.05) is 23.4 Å². The minimum Gasteiger partial charge on any atom is -0.321 e. The van der Waals surface area contributed by atoms with Crippen LogP contribution in [-0.2, 0) is 7.05 Å². The Morgan fingerprint density at radius 1 is 1.14 bits per heavy atom. The van der Waals surface area contributed by atoms with Crippen molar-refractivity contribution < 1.29 is 4.79 Å². The Labute approximate surface area is 121 Å². The highest BCUT2D eigenvalue weighted by atomic mass is 16.2. The number of carbonyl (C=O) groups excluding carboxylic acids is 1. The molecule has 1 N–H and O–H groups in total. The number of aromatic nitrogens is 4. The van der Waals surface area contributed by atoms with Crippen LogP contribution in [0, 0.1) is 0 Å². The van der Waals surface area contributed by atoms with Crippen LogP contribution in [0.3, 0.4) is 0 Å². The van der Waals surface area contributed by atoms with Crippen molar-refractivity contribution in [1.29, 1.82) is 0 Å². The first-order valence-electron chi connectivity index (χ1n) is 6.40. The van der Waals surface area contributed by atoms with Gasteiger partial charge in [-0.2, -0.15) is 0 Å². The lowest BCUT2D eigenvalue weighted by molar-refractivity contribution is 0.102. The minimum absolute atomic E-state index is 0.280. The summed E-state index contributed by atoms with van der Waals surface area (Å²) in [5.41, 5.74) is 3.07. The molecule has 0 saturated carbocycles. The molecule has 0 spiro atoms. The number of benzene rings is 1. The standard InChI is InChI=1S/C15H13N5O/c1-20-10-14(18-19-20)15(21)17-13-6-4-11(5-7-13)12-3-2-8-16-9-12/h2-10H,1H3,(H,17,21). The Morgan fingerprint density at radius 3 is 2.57 bits per heavy atom. The summed E-state index contributed by atoms with van der Waals surface area (Å²) in [5.74, 6) is -0.280. The van der Waals surface area contributed by atoms with Crippen LogP contribution >= 0.6 is 0 Å². The van der Waals surface area contributed by atoms with Crippen LogP contribution in [0.2, 0.25) is 0 Å². The molecule has 6 nitrogen and oxygen atoms in total. The lowest BCUT2D eigenvalue weighted by Gasteiger charge is -2.05. The van der Waals surface area contributed by atoms with Crippen LogP contribution in [0.1, 0.15) is 10.5 Å². The fraction of sp³-hybridized carbons (Fsp3) is 0.0667. The normalized spacial score (nSPS) is 10.3. The Hall–Kier alpha value is -3.02. The van der Waals surface area contributed by atoms with Crippen molar-refractivity contribution in [3.8, 4) is 11.1 Å². The van der Waals surface area contributed by atoms with Gasteiger partial charge in [-0.3, -0.25) is 14.5 Å². The summed E-state index contributed by atoms with van der Waals surface area (Å²) in [6.07, 6.45) is 5.10. The number of pyridine rings is 1. The van der Waals surface area contributed by atoms with Gasteiger partial charge < -0.3 is 5.32 Å². The monoisotopic (exact) mass is 279 g/mol. The predicted molar refractivity (Wildman–Crippen MR) is 78.6 cm³/mol. The highest BCUT2D eigenvalue weighted by molar-refractivity contribution is 6.02. The zero-order chi connectivity index (χ0) is 14.7. The molecule has 0 aliphatic rings. The Morgan fingerprint density at radius 2 is 1.95 bits per heavy atom. The molecular weight excluding hydrogens is 266 g/mol. The quantitative estimate of drug-likeness (QED) is 0.797. The van der Waals surface area contributed by atoms with Gasteiger partial charge >= 0.3 is 0 Å². The van der Waals surface area contributed by atoms with Crippen LogP contribution in [0.5, 0.6) is 0 Å². The van der Waals surface area contributed by atoms with E-state index in [1.165, 1.54) is 4.68 Å². The predicted octanol–water partition coefficient (Wildman–Crippen LogP) is 2.13. The molecule has 21 heavy (non-hydrogen) atoms. The van der Waals surface area contributed by atoms with Crippen LogP contribution in [0.25, 0.3) is 11.1 Å². The lowest BCUT2D eigenvalue weighted by atomic mass is 10.1. The molecule has 0 saturated heterocycles. The van der Waals surface area contributed by atoms with E-state index in [1.54, 1.807) is 25.6 Å². The first-order chi connectivity index (χ1) is 10.2. The lowest BCUT2D eigenvalue weighted by Crippen LogP contribution is -2.12. The highest BCUT2D eigenvalue weighted by Crippen LogP contribution is 2.20. The summed E-state index contributed by atoms with van der Waals surface area (Å²) < 4.78 is 1.49. The molecule has 0 unspecified atom stereocenters. The molecule has 0 bridgehead atoms. The van der Waals surface area contributed by atoms with E-state index in [4.69, 9.17) is 0 Å². The number of amides is 1. The number of rotatable bonds is 3. The van der Waals surface area contributed by atoms with E-state index in [-0.39, 0.29) is 11.6 Å². The molecular formula is C15H13N5O. The molecule has 0 fully saturated rings. The number of nitrogens with one attached hydrogen (secondary N) is 1. The van der Waals surface area contributed by atoms with Crippen LogP contribution < -0.4 is 5.32 Å². The third kappa shape index (κ3) is 2.94. The van der Waals surface area contributed by atoms with E-state index in [0.717, 1.165) is 11.1 Å². The molecule has 3 rings (SSSR count). The van der Waals surface area contributed by atoms with E-state index in [2.05, 4.69) is 20.6 Å². The number of nitrogens with zero attached hydrogens (tertiary/aromatic N) is 4. The molecule has 6 heteroatoms. The second-order valence-electron chi connectivity index (χ2n) is 4.55. The fourth-order valence-electron chi connectivity index (χ4n) is 1.93. The molecule has 1 aromatic carbocycles. The van der Waals surface area contributed by atoms with Gasteiger partial charge in [-0.25, -0.2) is 0 Å². The summed E-state index contributed by atoms with van der Waals surface area (Å²) in [6, 6.07) is 11.4. The second-order valence-corrected chi connectivity index (χ2v) is 4.55. The molecule has 0 aliphatic heterocycles. The van der Waals surface area contributed by atoms with E-state index in [9.17, 15) is 4.79 Å². The van der Waals surface area contributed by atoms with Crippen LogP contribution in [0.4, 0.5) is 5.69 Å². The first-order valence-corrected chi connectivity index (χ1v) is 6.40. The number of hydrogen-bond acceptors (Lipinski definition) is 4. The SMILES string of the molecule is Cn1cc(C(=O)Nc2ccc(-c3cccnc3)cc2)nn1. The summed E-state index contributed by atoms with van der Waals surface area (Å²) in [4.78, 5) is 16.0. The van der Waals surface area contributed by atoms with Crippen molar-refractivity contribution >= 4 is 11.6 Å². The number of aryl methyl sites for hydroxylation is 1. The summed E-state index contributed by atoms with van der Waals surface area (Å²) >= 11 is 0. The first kappa shape index (κ1) is 13.0. The molecule has 2 aromatic heterocycles. The van der Waals surface area contributed by atoms with Crippen molar-refractivity contribution in [3.05, 3.63) is 60.7 Å². The van der Waals surface area contributed by atoms with Gasteiger partial charge in [0.2, 0.25) is 0 Å². The summed E-state index contributed by atoms with van der Waals surface area (Å²) in [5, 5.41) is 10.3. The zero-order valence-corrected chi connectivity index (χ0v) is 11.4. The number of anilines is 1. The minimum atomic E-state index is -0.280. The van der Waals surface area contributed by atoms with Gasteiger partial charge in [0.05, 0.1) is 6.20 Å². The van der Waals surface area contributed by atoms with E-state index < -0.39 is 0 Å². The van der Waals surface area contributed by atoms with Gasteiger partial charge in [-0.15, -0.1) is 5.10 Å². The second kappa shape index (κ2) is 5.54. The summed E-state index contributed by atoms with van der Waals surface area (Å²) in [6.45, 7) is 0. The van der Waals surface area contributed by atoms with Gasteiger partial charge in [-0.05, 0) is 29.3 Å². The maximum absolute atomic E-state index is 11.9.